The lowest BCUT2D eigenvalue weighted by atomic mass is 9.79. The molecule has 2 fully saturated rings. The van der Waals surface area contributed by atoms with Gasteiger partial charge in [0.05, 0.1) is 0 Å². The zero-order valence-electron chi connectivity index (χ0n) is 10.9. The topological polar surface area (TPSA) is 46.3 Å². The van der Waals surface area contributed by atoms with Gasteiger partial charge >= 0.3 is 0 Å². The predicted molar refractivity (Wildman–Crippen MR) is 64.8 cm³/mol. The Hall–Kier alpha value is -0.570. The molecule has 1 saturated carbocycles. The van der Waals surface area contributed by atoms with Crippen LogP contribution in [-0.2, 0) is 4.79 Å². The number of carbonyl (C=O) groups excluding carboxylic acids is 1. The van der Waals surface area contributed by atoms with Crippen molar-refractivity contribution in [1.82, 2.24) is 4.90 Å². The summed E-state index contributed by atoms with van der Waals surface area (Å²) >= 11 is 0. The lowest BCUT2D eigenvalue weighted by Gasteiger charge is -2.42. The van der Waals surface area contributed by atoms with E-state index in [-0.39, 0.29) is 22.8 Å². The van der Waals surface area contributed by atoms with E-state index >= 15 is 0 Å². The Balaban J connectivity index is 1.99. The Kier molecular flexibility index (Phi) is 2.57. The van der Waals surface area contributed by atoms with Gasteiger partial charge in [0, 0.05) is 25.0 Å². The standard InChI is InChI=1S/C13H24N2O/c1-12(2)7-9(12)11(16)15-6-5-10(14)13(3,4)8-15/h9-10H,5-8,14H2,1-4H3. The molecule has 0 aromatic heterocycles. The van der Waals surface area contributed by atoms with Gasteiger partial charge in [-0.15, -0.1) is 0 Å². The van der Waals surface area contributed by atoms with Crippen molar-refractivity contribution >= 4 is 5.91 Å². The molecule has 16 heavy (non-hydrogen) atoms. The fourth-order valence-electron chi connectivity index (χ4n) is 2.67. The van der Waals surface area contributed by atoms with E-state index in [1.165, 1.54) is 0 Å². The maximum absolute atomic E-state index is 12.3. The van der Waals surface area contributed by atoms with Crippen LogP contribution >= 0.6 is 0 Å². The van der Waals surface area contributed by atoms with E-state index in [1.54, 1.807) is 0 Å². The molecule has 3 nitrogen and oxygen atoms in total. The van der Waals surface area contributed by atoms with Crippen LogP contribution < -0.4 is 5.73 Å². The summed E-state index contributed by atoms with van der Waals surface area (Å²) in [5.41, 5.74) is 6.38. The summed E-state index contributed by atoms with van der Waals surface area (Å²) in [5, 5.41) is 0. The number of carbonyl (C=O) groups is 1. The van der Waals surface area contributed by atoms with Gasteiger partial charge < -0.3 is 10.6 Å². The molecule has 2 aliphatic rings. The van der Waals surface area contributed by atoms with E-state index in [9.17, 15) is 4.79 Å². The molecule has 1 aliphatic heterocycles. The van der Waals surface area contributed by atoms with Gasteiger partial charge in [-0.25, -0.2) is 0 Å². The number of piperidine rings is 1. The molecule has 2 atom stereocenters. The first-order chi connectivity index (χ1) is 7.24. The minimum Gasteiger partial charge on any atom is -0.342 e. The Morgan fingerprint density at radius 1 is 1.25 bits per heavy atom. The minimum absolute atomic E-state index is 0.0624. The summed E-state index contributed by atoms with van der Waals surface area (Å²) in [6, 6.07) is 0.226. The number of nitrogens with zero attached hydrogens (tertiary/aromatic N) is 1. The fourth-order valence-corrected chi connectivity index (χ4v) is 2.67. The summed E-state index contributed by atoms with van der Waals surface area (Å²) in [6.07, 6.45) is 1.99. The van der Waals surface area contributed by atoms with E-state index < -0.39 is 0 Å². The molecule has 1 amide bonds. The van der Waals surface area contributed by atoms with E-state index in [1.807, 2.05) is 4.90 Å². The maximum Gasteiger partial charge on any atom is 0.226 e. The molecule has 2 unspecified atom stereocenters. The molecule has 1 saturated heterocycles. The van der Waals surface area contributed by atoms with Crippen LogP contribution in [0.15, 0.2) is 0 Å². The summed E-state index contributed by atoms with van der Waals surface area (Å²) in [4.78, 5) is 14.3. The minimum atomic E-state index is 0.0624. The molecule has 2 N–H and O–H groups in total. The van der Waals surface area contributed by atoms with Crippen LogP contribution in [0.4, 0.5) is 0 Å². The second-order valence-corrected chi connectivity index (χ2v) is 6.89. The van der Waals surface area contributed by atoms with Gasteiger partial charge in [0.1, 0.15) is 0 Å². The SMILES string of the molecule is CC1(C)CN(C(=O)C2CC2(C)C)CCC1N. The number of hydrogen-bond donors (Lipinski definition) is 1. The highest BCUT2D eigenvalue weighted by Crippen LogP contribution is 2.52. The summed E-state index contributed by atoms with van der Waals surface area (Å²) in [5.74, 6) is 0.614. The largest absolute Gasteiger partial charge is 0.342 e. The third-order valence-electron chi connectivity index (χ3n) is 4.44. The Morgan fingerprint density at radius 3 is 2.25 bits per heavy atom. The maximum atomic E-state index is 12.3. The van der Waals surface area contributed by atoms with Crippen LogP contribution in [0.3, 0.4) is 0 Å². The van der Waals surface area contributed by atoms with Crippen molar-refractivity contribution in [2.45, 2.75) is 46.6 Å². The van der Waals surface area contributed by atoms with Crippen LogP contribution in [0.1, 0.15) is 40.5 Å². The highest BCUT2D eigenvalue weighted by Gasteiger charge is 2.52. The third kappa shape index (κ3) is 1.97. The van der Waals surface area contributed by atoms with Crippen molar-refractivity contribution < 1.29 is 4.79 Å². The molecule has 0 radical (unpaired) electrons. The molecule has 0 bridgehead atoms. The Bertz CT molecular complexity index is 309. The van der Waals surface area contributed by atoms with Gasteiger partial charge in [-0.3, -0.25) is 4.79 Å². The smallest absolute Gasteiger partial charge is 0.226 e. The first-order valence-electron chi connectivity index (χ1n) is 6.28. The Morgan fingerprint density at radius 2 is 1.81 bits per heavy atom. The van der Waals surface area contributed by atoms with Gasteiger partial charge in [-0.2, -0.15) is 0 Å². The number of hydrogen-bond acceptors (Lipinski definition) is 2. The number of likely N-dealkylation sites (tertiary alicyclic amines) is 1. The quantitative estimate of drug-likeness (QED) is 0.735. The van der Waals surface area contributed by atoms with Crippen LogP contribution in [-0.4, -0.2) is 29.9 Å². The van der Waals surface area contributed by atoms with Crippen LogP contribution in [0.2, 0.25) is 0 Å². The summed E-state index contributed by atoms with van der Waals surface area (Å²) in [6.45, 7) is 10.3. The highest BCUT2D eigenvalue weighted by atomic mass is 16.2. The second-order valence-electron chi connectivity index (χ2n) is 6.89. The third-order valence-corrected chi connectivity index (χ3v) is 4.44. The molecular formula is C13H24N2O. The lowest BCUT2D eigenvalue weighted by Crippen LogP contribution is -2.54. The number of rotatable bonds is 1. The fraction of sp³-hybridized carbons (Fsp3) is 0.923. The van der Waals surface area contributed by atoms with Crippen LogP contribution in [0, 0.1) is 16.7 Å². The van der Waals surface area contributed by atoms with Crippen molar-refractivity contribution in [2.75, 3.05) is 13.1 Å². The van der Waals surface area contributed by atoms with Gasteiger partial charge in [0.15, 0.2) is 0 Å². The molecule has 0 aromatic carbocycles. The van der Waals surface area contributed by atoms with Gasteiger partial charge in [0.2, 0.25) is 5.91 Å². The van der Waals surface area contributed by atoms with Crippen molar-refractivity contribution in [3.05, 3.63) is 0 Å². The average Bonchev–Trinajstić information content (AvgIpc) is 2.79. The summed E-state index contributed by atoms with van der Waals surface area (Å²) in [7, 11) is 0. The number of amides is 1. The lowest BCUT2D eigenvalue weighted by molar-refractivity contribution is -0.136. The van der Waals surface area contributed by atoms with Crippen molar-refractivity contribution in [3.8, 4) is 0 Å². The van der Waals surface area contributed by atoms with Gasteiger partial charge in [0.25, 0.3) is 0 Å². The van der Waals surface area contributed by atoms with Gasteiger partial charge in [-0.05, 0) is 23.7 Å². The molecule has 1 aliphatic carbocycles. The molecule has 0 aromatic rings. The molecule has 92 valence electrons. The van der Waals surface area contributed by atoms with Gasteiger partial charge in [-0.1, -0.05) is 27.7 Å². The molecule has 0 spiro atoms. The monoisotopic (exact) mass is 224 g/mol. The zero-order valence-corrected chi connectivity index (χ0v) is 10.9. The average molecular weight is 224 g/mol. The van der Waals surface area contributed by atoms with E-state index in [0.29, 0.717) is 5.91 Å². The van der Waals surface area contributed by atoms with E-state index in [0.717, 1.165) is 25.9 Å². The van der Waals surface area contributed by atoms with Crippen molar-refractivity contribution in [3.63, 3.8) is 0 Å². The van der Waals surface area contributed by atoms with Crippen LogP contribution in [0.5, 0.6) is 0 Å². The number of nitrogens with two attached hydrogens (primary N) is 1. The van der Waals surface area contributed by atoms with E-state index in [2.05, 4.69) is 27.7 Å². The predicted octanol–water partition coefficient (Wildman–Crippen LogP) is 1.62. The highest BCUT2D eigenvalue weighted by molar-refractivity contribution is 5.82. The summed E-state index contributed by atoms with van der Waals surface area (Å²) < 4.78 is 0. The van der Waals surface area contributed by atoms with Crippen LogP contribution in [0.25, 0.3) is 0 Å². The normalized spacial score (nSPS) is 35.9. The first-order valence-corrected chi connectivity index (χ1v) is 6.28. The van der Waals surface area contributed by atoms with E-state index in [4.69, 9.17) is 5.73 Å². The molecule has 2 rings (SSSR count). The zero-order chi connectivity index (χ0) is 12.1. The molecule has 1 heterocycles. The molecular weight excluding hydrogens is 200 g/mol. The first kappa shape index (κ1) is 11.9. The Labute approximate surface area is 98.4 Å². The van der Waals surface area contributed by atoms with Crippen molar-refractivity contribution in [2.24, 2.45) is 22.5 Å². The van der Waals surface area contributed by atoms with Crippen molar-refractivity contribution in [1.29, 1.82) is 0 Å². The molecule has 3 heteroatoms. The second kappa shape index (κ2) is 3.46.